The Hall–Kier alpha value is -1.40. The third-order valence-electron chi connectivity index (χ3n) is 2.33. The summed E-state index contributed by atoms with van der Waals surface area (Å²) in [5, 5.41) is 11.4. The fourth-order valence-corrected chi connectivity index (χ4v) is 1.49. The van der Waals surface area contributed by atoms with Gasteiger partial charge >= 0.3 is 0 Å². The lowest BCUT2D eigenvalue weighted by molar-refractivity contribution is 0.0921. The second-order valence-electron chi connectivity index (χ2n) is 3.76. The Labute approximate surface area is 105 Å². The van der Waals surface area contributed by atoms with E-state index < -0.39 is 6.43 Å². The fraction of sp³-hybridized carbons (Fsp3) is 0.500. The molecule has 102 valence electrons. The normalized spacial score (nSPS) is 10.9. The number of hydrogen-bond acceptors (Lipinski definition) is 4. The maximum absolute atomic E-state index is 12.7. The topological polar surface area (TPSA) is 67.5 Å². The molecule has 0 bridgehead atoms. The lowest BCUT2D eigenvalue weighted by Gasteiger charge is -2.12. The molecule has 0 fully saturated rings. The first-order valence-electron chi connectivity index (χ1n) is 5.75. The Balaban J connectivity index is 2.42. The minimum absolute atomic E-state index is 0.0130. The molecule has 1 rings (SSSR count). The van der Waals surface area contributed by atoms with Crippen LogP contribution in [0.15, 0.2) is 18.2 Å². The number of nitrogen functional groups attached to an aromatic ring is 1. The zero-order valence-corrected chi connectivity index (χ0v) is 10.0. The van der Waals surface area contributed by atoms with E-state index in [9.17, 15) is 8.78 Å². The van der Waals surface area contributed by atoms with Gasteiger partial charge in [-0.2, -0.15) is 0 Å². The molecule has 0 aliphatic rings. The van der Waals surface area contributed by atoms with Crippen molar-refractivity contribution in [3.05, 3.63) is 23.8 Å². The van der Waals surface area contributed by atoms with Crippen molar-refractivity contribution in [2.24, 2.45) is 0 Å². The van der Waals surface area contributed by atoms with Crippen LogP contribution in [0.1, 0.15) is 18.4 Å². The van der Waals surface area contributed by atoms with Gasteiger partial charge in [0, 0.05) is 30.1 Å². The summed E-state index contributed by atoms with van der Waals surface area (Å²) < 4.78 is 30.5. The Morgan fingerprint density at radius 2 is 2.11 bits per heavy atom. The fourth-order valence-electron chi connectivity index (χ4n) is 1.49. The average Bonchev–Trinajstić information content (AvgIpc) is 2.35. The number of alkyl halides is 2. The second kappa shape index (κ2) is 7.84. The predicted octanol–water partition coefficient (Wildman–Crippen LogP) is 2.02. The monoisotopic (exact) mass is 260 g/mol. The molecule has 4 nitrogen and oxygen atoms in total. The average molecular weight is 260 g/mol. The first-order valence-corrected chi connectivity index (χ1v) is 5.75. The molecule has 0 aliphatic carbocycles. The van der Waals surface area contributed by atoms with Crippen molar-refractivity contribution in [2.75, 3.05) is 37.4 Å². The number of anilines is 2. The van der Waals surface area contributed by atoms with Crippen LogP contribution in [-0.2, 0) is 4.74 Å². The Morgan fingerprint density at radius 1 is 1.33 bits per heavy atom. The molecule has 0 saturated carbocycles. The van der Waals surface area contributed by atoms with E-state index in [4.69, 9.17) is 15.6 Å². The zero-order chi connectivity index (χ0) is 13.4. The molecule has 0 amide bonds. The Morgan fingerprint density at radius 3 is 2.78 bits per heavy atom. The molecule has 0 spiro atoms. The van der Waals surface area contributed by atoms with Crippen LogP contribution in [-0.4, -0.2) is 31.5 Å². The van der Waals surface area contributed by atoms with Gasteiger partial charge < -0.3 is 20.9 Å². The molecular weight excluding hydrogens is 242 g/mol. The van der Waals surface area contributed by atoms with E-state index in [1.165, 1.54) is 6.07 Å². The molecule has 0 heterocycles. The third kappa shape index (κ3) is 4.85. The SMILES string of the molecule is Nc1ccc(NCCCOCCO)c(C(F)F)c1. The Bertz CT molecular complexity index is 362. The van der Waals surface area contributed by atoms with Gasteiger partial charge in [0.2, 0.25) is 0 Å². The first kappa shape index (κ1) is 14.7. The van der Waals surface area contributed by atoms with Gasteiger partial charge in [0.15, 0.2) is 0 Å². The van der Waals surface area contributed by atoms with Gasteiger partial charge in [-0.3, -0.25) is 0 Å². The summed E-state index contributed by atoms with van der Waals surface area (Å²) in [7, 11) is 0. The highest BCUT2D eigenvalue weighted by Crippen LogP contribution is 2.28. The quantitative estimate of drug-likeness (QED) is 0.494. The predicted molar refractivity (Wildman–Crippen MR) is 66.8 cm³/mol. The number of benzene rings is 1. The first-order chi connectivity index (χ1) is 8.65. The number of halogens is 2. The van der Waals surface area contributed by atoms with E-state index in [-0.39, 0.29) is 12.2 Å². The van der Waals surface area contributed by atoms with E-state index in [1.807, 2.05) is 0 Å². The zero-order valence-electron chi connectivity index (χ0n) is 10.0. The van der Waals surface area contributed by atoms with Crippen molar-refractivity contribution < 1.29 is 18.6 Å². The van der Waals surface area contributed by atoms with E-state index in [2.05, 4.69) is 5.32 Å². The molecule has 1 aromatic rings. The van der Waals surface area contributed by atoms with Gasteiger partial charge in [0.1, 0.15) is 0 Å². The number of aliphatic hydroxyl groups is 1. The molecule has 18 heavy (non-hydrogen) atoms. The van der Waals surface area contributed by atoms with E-state index in [0.717, 1.165) is 0 Å². The van der Waals surface area contributed by atoms with Gasteiger partial charge in [-0.25, -0.2) is 8.78 Å². The third-order valence-corrected chi connectivity index (χ3v) is 2.33. The van der Waals surface area contributed by atoms with Gasteiger partial charge in [0.05, 0.1) is 13.2 Å². The maximum atomic E-state index is 12.7. The van der Waals surface area contributed by atoms with Crippen LogP contribution >= 0.6 is 0 Å². The van der Waals surface area contributed by atoms with E-state index in [0.29, 0.717) is 37.6 Å². The van der Waals surface area contributed by atoms with Crippen LogP contribution in [0.5, 0.6) is 0 Å². The Kier molecular flexibility index (Phi) is 6.38. The molecule has 4 N–H and O–H groups in total. The molecular formula is C12H18F2N2O2. The standard InChI is InChI=1S/C12H18F2N2O2/c13-12(14)10-8-9(15)2-3-11(10)16-4-1-6-18-7-5-17/h2-3,8,12,16-17H,1,4-7,15H2. The van der Waals surface area contributed by atoms with Crippen LogP contribution in [0.25, 0.3) is 0 Å². The minimum atomic E-state index is -2.55. The molecule has 0 aromatic heterocycles. The van der Waals surface area contributed by atoms with Gasteiger partial charge in [-0.1, -0.05) is 0 Å². The van der Waals surface area contributed by atoms with Crippen molar-refractivity contribution in [1.29, 1.82) is 0 Å². The van der Waals surface area contributed by atoms with Gasteiger partial charge in [0.25, 0.3) is 6.43 Å². The molecule has 0 radical (unpaired) electrons. The smallest absolute Gasteiger partial charge is 0.265 e. The van der Waals surface area contributed by atoms with Crippen LogP contribution in [0.2, 0.25) is 0 Å². The number of hydrogen-bond donors (Lipinski definition) is 3. The number of nitrogens with two attached hydrogens (primary N) is 1. The highest BCUT2D eigenvalue weighted by atomic mass is 19.3. The van der Waals surface area contributed by atoms with Crippen molar-refractivity contribution in [3.8, 4) is 0 Å². The van der Waals surface area contributed by atoms with Crippen LogP contribution in [0.3, 0.4) is 0 Å². The largest absolute Gasteiger partial charge is 0.399 e. The van der Waals surface area contributed by atoms with Crippen molar-refractivity contribution in [3.63, 3.8) is 0 Å². The van der Waals surface area contributed by atoms with Crippen molar-refractivity contribution in [1.82, 2.24) is 0 Å². The molecule has 0 aliphatic heterocycles. The summed E-state index contributed by atoms with van der Waals surface area (Å²) in [5.74, 6) is 0. The van der Waals surface area contributed by atoms with E-state index in [1.54, 1.807) is 12.1 Å². The maximum Gasteiger partial charge on any atom is 0.265 e. The molecule has 0 atom stereocenters. The summed E-state index contributed by atoms with van der Waals surface area (Å²) in [6.07, 6.45) is -1.88. The molecule has 0 saturated heterocycles. The number of nitrogens with one attached hydrogen (secondary N) is 1. The van der Waals surface area contributed by atoms with Crippen molar-refractivity contribution >= 4 is 11.4 Å². The van der Waals surface area contributed by atoms with E-state index >= 15 is 0 Å². The summed E-state index contributed by atoms with van der Waals surface area (Å²) in [5.41, 5.74) is 6.09. The van der Waals surface area contributed by atoms with Crippen LogP contribution in [0.4, 0.5) is 20.2 Å². The van der Waals surface area contributed by atoms with Crippen molar-refractivity contribution in [2.45, 2.75) is 12.8 Å². The highest BCUT2D eigenvalue weighted by molar-refractivity contribution is 5.58. The summed E-state index contributed by atoms with van der Waals surface area (Å²) in [6, 6.07) is 4.40. The lowest BCUT2D eigenvalue weighted by atomic mass is 10.1. The highest BCUT2D eigenvalue weighted by Gasteiger charge is 2.12. The lowest BCUT2D eigenvalue weighted by Crippen LogP contribution is -2.09. The van der Waals surface area contributed by atoms with Crippen LogP contribution in [0, 0.1) is 0 Å². The molecule has 0 unspecified atom stereocenters. The molecule has 6 heteroatoms. The van der Waals surface area contributed by atoms with Gasteiger partial charge in [-0.15, -0.1) is 0 Å². The summed E-state index contributed by atoms with van der Waals surface area (Å²) >= 11 is 0. The minimum Gasteiger partial charge on any atom is -0.399 e. The summed E-state index contributed by atoms with van der Waals surface area (Å²) in [6.45, 7) is 1.28. The molecule has 1 aromatic carbocycles. The summed E-state index contributed by atoms with van der Waals surface area (Å²) in [4.78, 5) is 0. The number of aliphatic hydroxyl groups excluding tert-OH is 1. The number of ether oxygens (including phenoxy) is 1. The van der Waals surface area contributed by atoms with Crippen LogP contribution < -0.4 is 11.1 Å². The second-order valence-corrected chi connectivity index (χ2v) is 3.76. The number of rotatable bonds is 8. The van der Waals surface area contributed by atoms with Gasteiger partial charge in [-0.05, 0) is 24.6 Å².